The summed E-state index contributed by atoms with van der Waals surface area (Å²) < 4.78 is 3.17. The highest BCUT2D eigenvalue weighted by molar-refractivity contribution is 9.10. The van der Waals surface area contributed by atoms with Gasteiger partial charge in [0.2, 0.25) is 0 Å². The highest BCUT2D eigenvalue weighted by Gasteiger charge is 2.28. The number of aromatic nitrogens is 2. The average Bonchev–Trinajstić information content (AvgIpc) is 2.77. The average molecular weight is 324 g/mol. The number of hydrogen-bond acceptors (Lipinski definition) is 2. The van der Waals surface area contributed by atoms with Crippen LogP contribution < -0.4 is 0 Å². The van der Waals surface area contributed by atoms with Crippen LogP contribution in [0.4, 0.5) is 0 Å². The van der Waals surface area contributed by atoms with Crippen LogP contribution in [0.25, 0.3) is 0 Å². The summed E-state index contributed by atoms with van der Waals surface area (Å²) in [5.41, 5.74) is 2.43. The molecule has 0 saturated carbocycles. The molecular formula is C11H16BrClN2S. The number of nitrogens with zero attached hydrogens (tertiary/aromatic N) is 2. The maximum Gasteiger partial charge on any atom is 0.0766 e. The molecule has 0 aromatic carbocycles. The summed E-state index contributed by atoms with van der Waals surface area (Å²) in [5, 5.41) is 4.83. The van der Waals surface area contributed by atoms with Gasteiger partial charge in [0.05, 0.1) is 15.9 Å². The number of rotatable bonds is 3. The van der Waals surface area contributed by atoms with Crippen LogP contribution in [-0.4, -0.2) is 26.7 Å². The monoisotopic (exact) mass is 322 g/mol. The van der Waals surface area contributed by atoms with Gasteiger partial charge in [0, 0.05) is 18.2 Å². The Kier molecular flexibility index (Phi) is 4.25. The predicted molar refractivity (Wildman–Crippen MR) is 74.4 cm³/mol. The topological polar surface area (TPSA) is 17.8 Å². The minimum absolute atomic E-state index is 0.317. The van der Waals surface area contributed by atoms with Gasteiger partial charge >= 0.3 is 0 Å². The fourth-order valence-electron chi connectivity index (χ4n) is 2.05. The summed E-state index contributed by atoms with van der Waals surface area (Å²) >= 11 is 11.9. The fourth-order valence-corrected chi connectivity index (χ4v) is 4.66. The van der Waals surface area contributed by atoms with Gasteiger partial charge in [0.15, 0.2) is 0 Å². The van der Waals surface area contributed by atoms with Gasteiger partial charge in [-0.25, -0.2) is 0 Å². The number of hydrogen-bond donors (Lipinski definition) is 0. The summed E-state index contributed by atoms with van der Waals surface area (Å²) in [5.74, 6) is 2.85. The third kappa shape index (κ3) is 2.44. The van der Waals surface area contributed by atoms with E-state index in [-0.39, 0.29) is 0 Å². The molecule has 0 amide bonds. The van der Waals surface area contributed by atoms with E-state index in [0.717, 1.165) is 24.3 Å². The van der Waals surface area contributed by atoms with E-state index in [2.05, 4.69) is 28.0 Å². The number of halogens is 2. The Bertz CT molecular complexity index is 380. The number of thioether (sulfide) groups is 1. The summed E-state index contributed by atoms with van der Waals surface area (Å²) in [7, 11) is 2.02. The first-order valence-corrected chi connectivity index (χ1v) is 7.94. The largest absolute Gasteiger partial charge is 0.271 e. The maximum atomic E-state index is 6.31. The van der Waals surface area contributed by atoms with Gasteiger partial charge in [0.1, 0.15) is 0 Å². The van der Waals surface area contributed by atoms with E-state index in [4.69, 9.17) is 11.6 Å². The molecule has 2 heterocycles. The summed E-state index contributed by atoms with van der Waals surface area (Å²) in [6.45, 7) is 2.13. The van der Waals surface area contributed by atoms with E-state index in [9.17, 15) is 0 Å². The van der Waals surface area contributed by atoms with Crippen molar-refractivity contribution < 1.29 is 0 Å². The highest BCUT2D eigenvalue weighted by Crippen LogP contribution is 2.33. The Morgan fingerprint density at radius 1 is 1.56 bits per heavy atom. The second-order valence-corrected chi connectivity index (χ2v) is 6.63. The van der Waals surface area contributed by atoms with Gasteiger partial charge in [-0.2, -0.15) is 16.9 Å². The highest BCUT2D eigenvalue weighted by atomic mass is 79.9. The molecule has 1 aromatic rings. The molecule has 1 saturated heterocycles. The first-order chi connectivity index (χ1) is 7.63. The van der Waals surface area contributed by atoms with Gasteiger partial charge < -0.3 is 0 Å². The van der Waals surface area contributed by atoms with Gasteiger partial charge in [-0.15, -0.1) is 11.6 Å². The summed E-state index contributed by atoms with van der Waals surface area (Å²) in [4.78, 5) is 0. The van der Waals surface area contributed by atoms with Crippen LogP contribution in [0.15, 0.2) is 4.47 Å². The quantitative estimate of drug-likeness (QED) is 0.795. The van der Waals surface area contributed by atoms with Crippen LogP contribution in [0, 0.1) is 5.92 Å². The summed E-state index contributed by atoms with van der Waals surface area (Å²) in [6, 6.07) is 0. The molecule has 90 valence electrons. The van der Waals surface area contributed by atoms with Crippen LogP contribution in [0.3, 0.4) is 0 Å². The molecule has 2 rings (SSSR count). The molecule has 16 heavy (non-hydrogen) atoms. The Hall–Kier alpha value is 0.330. The lowest BCUT2D eigenvalue weighted by Crippen LogP contribution is -2.16. The lowest BCUT2D eigenvalue weighted by Gasteiger charge is -2.12. The van der Waals surface area contributed by atoms with Gasteiger partial charge in [-0.05, 0) is 40.4 Å². The zero-order chi connectivity index (χ0) is 11.7. The van der Waals surface area contributed by atoms with E-state index in [1.807, 2.05) is 23.5 Å². The standard InChI is InChI=1S/C11H16BrClN2S/c1-3-9-11(12)10(15(2)14-9)4-7-5-16-6-8(7)13/h7-8H,3-6H2,1-2H3. The third-order valence-corrected chi connectivity index (χ3v) is 5.95. The van der Waals surface area contributed by atoms with Crippen molar-refractivity contribution >= 4 is 39.3 Å². The van der Waals surface area contributed by atoms with Gasteiger partial charge in [0.25, 0.3) is 0 Å². The van der Waals surface area contributed by atoms with E-state index >= 15 is 0 Å². The van der Waals surface area contributed by atoms with Crippen molar-refractivity contribution in [2.45, 2.75) is 25.1 Å². The number of alkyl halides is 1. The molecule has 1 aliphatic rings. The Balaban J connectivity index is 2.17. The lowest BCUT2D eigenvalue weighted by atomic mass is 10.0. The first-order valence-electron chi connectivity index (χ1n) is 5.55. The van der Waals surface area contributed by atoms with Crippen LogP contribution in [0.1, 0.15) is 18.3 Å². The predicted octanol–water partition coefficient (Wildman–Crippen LogP) is 3.26. The van der Waals surface area contributed by atoms with E-state index in [0.29, 0.717) is 11.3 Å². The molecule has 1 fully saturated rings. The fraction of sp³-hybridized carbons (Fsp3) is 0.727. The van der Waals surface area contributed by atoms with Crippen LogP contribution in [-0.2, 0) is 19.9 Å². The third-order valence-electron chi connectivity index (χ3n) is 3.08. The molecule has 2 nitrogen and oxygen atoms in total. The summed E-state index contributed by atoms with van der Waals surface area (Å²) in [6.07, 6.45) is 2.00. The van der Waals surface area contributed by atoms with Crippen LogP contribution in [0.2, 0.25) is 0 Å². The van der Waals surface area contributed by atoms with Crippen molar-refractivity contribution in [2.75, 3.05) is 11.5 Å². The Morgan fingerprint density at radius 3 is 2.81 bits per heavy atom. The number of aryl methyl sites for hydroxylation is 2. The Labute approximate surface area is 114 Å². The van der Waals surface area contributed by atoms with Crippen molar-refractivity contribution in [1.82, 2.24) is 9.78 Å². The lowest BCUT2D eigenvalue weighted by molar-refractivity contribution is 0.564. The minimum atomic E-state index is 0.317. The molecule has 0 radical (unpaired) electrons. The Morgan fingerprint density at radius 2 is 2.31 bits per heavy atom. The molecule has 2 atom stereocenters. The van der Waals surface area contributed by atoms with E-state index in [1.54, 1.807) is 0 Å². The van der Waals surface area contributed by atoms with Crippen molar-refractivity contribution in [1.29, 1.82) is 0 Å². The second-order valence-electron chi connectivity index (χ2n) is 4.20. The molecule has 0 bridgehead atoms. The van der Waals surface area contributed by atoms with Gasteiger partial charge in [-0.3, -0.25) is 4.68 Å². The first kappa shape index (κ1) is 12.8. The zero-order valence-corrected chi connectivity index (χ0v) is 12.7. The maximum absolute atomic E-state index is 6.31. The molecule has 1 aliphatic heterocycles. The normalized spacial score (nSPS) is 25.2. The van der Waals surface area contributed by atoms with E-state index < -0.39 is 0 Å². The van der Waals surface area contributed by atoms with Crippen molar-refractivity contribution in [3.8, 4) is 0 Å². The molecular weight excluding hydrogens is 308 g/mol. The molecule has 5 heteroatoms. The van der Waals surface area contributed by atoms with Crippen molar-refractivity contribution in [3.63, 3.8) is 0 Å². The molecule has 2 unspecified atom stereocenters. The molecule has 0 aliphatic carbocycles. The van der Waals surface area contributed by atoms with Crippen LogP contribution >= 0.6 is 39.3 Å². The molecule has 0 spiro atoms. The van der Waals surface area contributed by atoms with Crippen LogP contribution in [0.5, 0.6) is 0 Å². The molecule has 0 N–H and O–H groups in total. The van der Waals surface area contributed by atoms with Gasteiger partial charge in [-0.1, -0.05) is 6.92 Å². The van der Waals surface area contributed by atoms with E-state index in [1.165, 1.54) is 15.9 Å². The smallest absolute Gasteiger partial charge is 0.0766 e. The SMILES string of the molecule is CCc1nn(C)c(CC2CSCC2Cl)c1Br. The van der Waals surface area contributed by atoms with Crippen molar-refractivity contribution in [3.05, 3.63) is 15.9 Å². The second kappa shape index (κ2) is 5.32. The molecule has 1 aromatic heterocycles. The minimum Gasteiger partial charge on any atom is -0.271 e. The zero-order valence-electron chi connectivity index (χ0n) is 9.54. The van der Waals surface area contributed by atoms with Crippen molar-refractivity contribution in [2.24, 2.45) is 13.0 Å².